The number of nitrogens with zero attached hydrogens (tertiary/aromatic N) is 1. The molecule has 0 spiro atoms. The summed E-state index contributed by atoms with van der Waals surface area (Å²) in [5, 5.41) is 0. The molecule has 1 nitrogen and oxygen atoms in total. The molecule has 2 aromatic rings. The molecule has 18 heavy (non-hydrogen) atoms. The van der Waals surface area contributed by atoms with Gasteiger partial charge in [0.2, 0.25) is 0 Å². The van der Waals surface area contributed by atoms with Crippen molar-refractivity contribution in [1.82, 2.24) is 0 Å². The Balaban J connectivity index is 2.04. The molecule has 0 radical (unpaired) electrons. The van der Waals surface area contributed by atoms with Gasteiger partial charge in [0.25, 0.3) is 0 Å². The Bertz CT molecular complexity index is 464. The van der Waals surface area contributed by atoms with E-state index in [1.54, 1.807) is 0 Å². The minimum absolute atomic E-state index is 0.220. The molecule has 2 aromatic carbocycles. The minimum atomic E-state index is -0.220. The Morgan fingerprint density at radius 2 is 1.50 bits per heavy atom. The molecule has 0 saturated carbocycles. The predicted molar refractivity (Wildman–Crippen MR) is 81.5 cm³/mol. The molecule has 0 aliphatic carbocycles. The first-order valence-electron chi connectivity index (χ1n) is 6.33. The molecule has 2 heteroatoms. The van der Waals surface area contributed by atoms with Crippen molar-refractivity contribution in [3.05, 3.63) is 54.6 Å². The summed E-state index contributed by atoms with van der Waals surface area (Å²) in [5.74, 6) is 0. The van der Waals surface area contributed by atoms with E-state index in [0.29, 0.717) is 0 Å². The van der Waals surface area contributed by atoms with Crippen LogP contribution in [0.2, 0.25) is 0 Å². The van der Waals surface area contributed by atoms with E-state index >= 15 is 0 Å². The van der Waals surface area contributed by atoms with E-state index in [9.17, 15) is 0 Å². The molecule has 0 unspecified atom stereocenters. The van der Waals surface area contributed by atoms with Gasteiger partial charge in [-0.3, -0.25) is 0 Å². The molecule has 0 aliphatic heterocycles. The van der Waals surface area contributed by atoms with Gasteiger partial charge in [0.1, 0.15) is 0 Å². The average Bonchev–Trinajstić information content (AvgIpc) is 2.41. The molecule has 0 saturated heterocycles. The van der Waals surface area contributed by atoms with Gasteiger partial charge in [-0.25, -0.2) is 0 Å². The van der Waals surface area contributed by atoms with Crippen LogP contribution in [-0.4, -0.2) is 34.5 Å². The molecule has 94 valence electrons. The van der Waals surface area contributed by atoms with E-state index < -0.39 is 0 Å². The third kappa shape index (κ3) is 3.77. The van der Waals surface area contributed by atoms with Gasteiger partial charge in [-0.1, -0.05) is 0 Å². The van der Waals surface area contributed by atoms with Crippen molar-refractivity contribution in [3.8, 4) is 0 Å². The number of hydrogen-bond donors (Lipinski definition) is 0. The molecule has 0 aromatic heterocycles. The second-order valence-electron chi connectivity index (χ2n) is 4.33. The number of hydrogen-bond acceptors (Lipinski definition) is 1. The third-order valence-electron chi connectivity index (χ3n) is 2.82. The van der Waals surface area contributed by atoms with Crippen LogP contribution in [0.1, 0.15) is 13.3 Å². The summed E-state index contributed by atoms with van der Waals surface area (Å²) in [4.78, 5) is 2.31. The SMILES string of the molecule is CCCN(C)c1ccc([Te]c2ccccc2)cc1. The van der Waals surface area contributed by atoms with Gasteiger partial charge in [-0.15, -0.1) is 0 Å². The first-order chi connectivity index (χ1) is 8.79. The standard InChI is InChI=1S/C16H19NTe/c1-3-13-17(2)14-9-11-16(12-10-14)18-15-7-5-4-6-8-15/h4-12H,3,13H2,1-2H3. The third-order valence-corrected chi connectivity index (χ3v) is 5.71. The Kier molecular flexibility index (Phi) is 5.11. The first kappa shape index (κ1) is 13.5. The number of rotatable bonds is 5. The molecule has 0 atom stereocenters. The van der Waals surface area contributed by atoms with Crippen molar-refractivity contribution >= 4 is 33.8 Å². The summed E-state index contributed by atoms with van der Waals surface area (Å²) >= 11 is -0.220. The summed E-state index contributed by atoms with van der Waals surface area (Å²) in [6.45, 7) is 3.33. The summed E-state index contributed by atoms with van der Waals surface area (Å²) < 4.78 is 3.00. The van der Waals surface area contributed by atoms with E-state index in [1.165, 1.54) is 19.3 Å². The van der Waals surface area contributed by atoms with E-state index in [4.69, 9.17) is 0 Å². The molecular weight excluding hydrogens is 334 g/mol. The predicted octanol–water partition coefficient (Wildman–Crippen LogP) is 2.19. The fraction of sp³-hybridized carbons (Fsp3) is 0.250. The van der Waals surface area contributed by atoms with Gasteiger partial charge < -0.3 is 0 Å². The normalized spacial score (nSPS) is 10.3. The summed E-state index contributed by atoms with van der Waals surface area (Å²) in [5.41, 5.74) is 1.32. The molecule has 0 aliphatic rings. The van der Waals surface area contributed by atoms with Crippen molar-refractivity contribution < 1.29 is 0 Å². The van der Waals surface area contributed by atoms with Crippen molar-refractivity contribution in [2.24, 2.45) is 0 Å². The maximum absolute atomic E-state index is 2.31. The second-order valence-corrected chi connectivity index (χ2v) is 7.60. The molecule has 0 N–H and O–H groups in total. The molecule has 0 bridgehead atoms. The van der Waals surface area contributed by atoms with E-state index in [2.05, 4.69) is 73.5 Å². The van der Waals surface area contributed by atoms with Gasteiger partial charge in [-0.05, 0) is 0 Å². The number of benzene rings is 2. The fourth-order valence-corrected chi connectivity index (χ4v) is 4.25. The van der Waals surface area contributed by atoms with Gasteiger partial charge in [-0.2, -0.15) is 0 Å². The van der Waals surface area contributed by atoms with Crippen LogP contribution in [0.4, 0.5) is 5.69 Å². The summed E-state index contributed by atoms with van der Waals surface area (Å²) in [6, 6.07) is 19.9. The molecule has 0 amide bonds. The Morgan fingerprint density at radius 1 is 0.889 bits per heavy atom. The van der Waals surface area contributed by atoms with Gasteiger partial charge >= 0.3 is 120 Å². The van der Waals surface area contributed by atoms with Crippen LogP contribution in [-0.2, 0) is 0 Å². The van der Waals surface area contributed by atoms with Crippen molar-refractivity contribution in [1.29, 1.82) is 0 Å². The Morgan fingerprint density at radius 3 is 2.11 bits per heavy atom. The van der Waals surface area contributed by atoms with Crippen LogP contribution >= 0.6 is 0 Å². The maximum atomic E-state index is 2.31. The number of anilines is 1. The van der Waals surface area contributed by atoms with E-state index in [-0.39, 0.29) is 20.9 Å². The zero-order valence-electron chi connectivity index (χ0n) is 11.0. The summed E-state index contributed by atoms with van der Waals surface area (Å²) in [6.07, 6.45) is 1.19. The molecule has 2 rings (SSSR count). The van der Waals surface area contributed by atoms with E-state index in [0.717, 1.165) is 6.54 Å². The topological polar surface area (TPSA) is 3.24 Å². The second kappa shape index (κ2) is 6.83. The first-order valence-corrected chi connectivity index (χ1v) is 8.66. The fourth-order valence-electron chi connectivity index (χ4n) is 1.86. The van der Waals surface area contributed by atoms with Crippen LogP contribution in [0.25, 0.3) is 0 Å². The van der Waals surface area contributed by atoms with Gasteiger partial charge in [0.15, 0.2) is 0 Å². The van der Waals surface area contributed by atoms with Crippen LogP contribution < -0.4 is 12.1 Å². The average molecular weight is 353 g/mol. The Hall–Kier alpha value is -0.970. The summed E-state index contributed by atoms with van der Waals surface area (Å²) in [7, 11) is 2.16. The van der Waals surface area contributed by atoms with Crippen LogP contribution in [0.3, 0.4) is 0 Å². The molecule has 0 fully saturated rings. The van der Waals surface area contributed by atoms with Crippen molar-refractivity contribution in [3.63, 3.8) is 0 Å². The van der Waals surface area contributed by atoms with Crippen LogP contribution in [0, 0.1) is 0 Å². The van der Waals surface area contributed by atoms with Crippen LogP contribution in [0.5, 0.6) is 0 Å². The monoisotopic (exact) mass is 355 g/mol. The van der Waals surface area contributed by atoms with Crippen LogP contribution in [0.15, 0.2) is 54.6 Å². The molecule has 0 heterocycles. The van der Waals surface area contributed by atoms with E-state index in [1.807, 2.05) is 0 Å². The van der Waals surface area contributed by atoms with Gasteiger partial charge in [0, 0.05) is 0 Å². The quantitative estimate of drug-likeness (QED) is 0.746. The van der Waals surface area contributed by atoms with Gasteiger partial charge in [0.05, 0.1) is 0 Å². The Labute approximate surface area is 120 Å². The van der Waals surface area contributed by atoms with Crippen molar-refractivity contribution in [2.45, 2.75) is 13.3 Å². The zero-order chi connectivity index (χ0) is 12.8. The van der Waals surface area contributed by atoms with Crippen molar-refractivity contribution in [2.75, 3.05) is 18.5 Å². The molecular formula is C16H19NTe. The zero-order valence-corrected chi connectivity index (χ0v) is 13.3.